The van der Waals surface area contributed by atoms with Crippen LogP contribution in [0.4, 0.5) is 0 Å². The first-order valence-corrected chi connectivity index (χ1v) is 4.14. The summed E-state index contributed by atoms with van der Waals surface area (Å²) in [7, 11) is -3.13. The minimum Gasteiger partial charge on any atom is -0.222 e. The Labute approximate surface area is 53.2 Å². The van der Waals surface area contributed by atoms with E-state index in [0.717, 1.165) is 6.26 Å². The van der Waals surface area contributed by atoms with Crippen molar-refractivity contribution in [1.82, 2.24) is 5.43 Å². The van der Waals surface area contributed by atoms with E-state index in [4.69, 9.17) is 0 Å². The first-order chi connectivity index (χ1) is 4.11. The summed E-state index contributed by atoms with van der Waals surface area (Å²) in [5, 5.41) is 3.38. The van der Waals surface area contributed by atoms with Gasteiger partial charge in [-0.2, -0.15) is 5.43 Å². The summed E-state index contributed by atoms with van der Waals surface area (Å²) in [6, 6.07) is 0. The van der Waals surface area contributed by atoms with Gasteiger partial charge in [-0.1, -0.05) is 0 Å². The minimum absolute atomic E-state index is 0.0301. The molecule has 4 nitrogen and oxygen atoms in total. The summed E-state index contributed by atoms with van der Waals surface area (Å²) in [6.45, 7) is 0. The lowest BCUT2D eigenvalue weighted by molar-refractivity contribution is 0.612. The topological polar surface area (TPSA) is 60.6 Å². The Balaban J connectivity index is 3.01. The van der Waals surface area contributed by atoms with Crippen LogP contribution in [-0.2, 0) is 9.84 Å². The molecule has 0 aliphatic carbocycles. The SMILES string of the molecule is CS(=O)(=O)C1=N[N]C=C1. The van der Waals surface area contributed by atoms with Gasteiger partial charge in [0.25, 0.3) is 0 Å². The Morgan fingerprint density at radius 3 is 2.44 bits per heavy atom. The maximum absolute atomic E-state index is 10.6. The van der Waals surface area contributed by atoms with Gasteiger partial charge in [-0.3, -0.25) is 0 Å². The van der Waals surface area contributed by atoms with E-state index in [1.807, 2.05) is 0 Å². The molecule has 0 spiro atoms. The lowest BCUT2D eigenvalue weighted by atomic mass is 10.7. The van der Waals surface area contributed by atoms with Crippen LogP contribution < -0.4 is 5.43 Å². The molecule has 0 aromatic rings. The van der Waals surface area contributed by atoms with E-state index in [0.29, 0.717) is 0 Å². The van der Waals surface area contributed by atoms with Gasteiger partial charge < -0.3 is 0 Å². The summed E-state index contributed by atoms with van der Waals surface area (Å²) >= 11 is 0. The van der Waals surface area contributed by atoms with Crippen LogP contribution in [0, 0.1) is 0 Å². The molecule has 0 saturated carbocycles. The molecule has 0 N–H and O–H groups in total. The summed E-state index contributed by atoms with van der Waals surface area (Å²) in [5.74, 6) is 0. The van der Waals surface area contributed by atoms with E-state index >= 15 is 0 Å². The molecule has 0 unspecified atom stereocenters. The van der Waals surface area contributed by atoms with Gasteiger partial charge in [0.15, 0.2) is 14.9 Å². The van der Waals surface area contributed by atoms with Gasteiger partial charge in [-0.25, -0.2) is 8.42 Å². The standard InChI is InChI=1S/C4H5N2O2S/c1-9(7,8)4-2-3-5-6-4/h2-3H,1H3. The third-order valence-electron chi connectivity index (χ3n) is 0.820. The van der Waals surface area contributed by atoms with Gasteiger partial charge in [-0.05, 0) is 6.08 Å². The maximum Gasteiger partial charge on any atom is 0.194 e. The average Bonchev–Trinajstić information content (AvgIpc) is 2.08. The zero-order valence-electron chi connectivity index (χ0n) is 4.77. The molecule has 0 atom stereocenters. The molecule has 1 aliphatic rings. The Bertz CT molecular complexity index is 262. The van der Waals surface area contributed by atoms with E-state index in [9.17, 15) is 8.42 Å². The monoisotopic (exact) mass is 145 g/mol. The van der Waals surface area contributed by atoms with E-state index in [1.165, 1.54) is 12.3 Å². The van der Waals surface area contributed by atoms with Crippen LogP contribution in [0.5, 0.6) is 0 Å². The molecule has 1 rings (SSSR count). The molecule has 1 heterocycles. The molecule has 0 bridgehead atoms. The predicted octanol–water partition coefficient (Wildman–Crippen LogP) is -0.524. The zero-order valence-corrected chi connectivity index (χ0v) is 5.59. The molecule has 0 aromatic heterocycles. The van der Waals surface area contributed by atoms with Gasteiger partial charge in [0.1, 0.15) is 0 Å². The molecule has 5 heteroatoms. The highest BCUT2D eigenvalue weighted by Gasteiger charge is 2.12. The molecule has 49 valence electrons. The van der Waals surface area contributed by atoms with Gasteiger partial charge >= 0.3 is 0 Å². The number of hydrogen-bond acceptors (Lipinski definition) is 3. The molecule has 9 heavy (non-hydrogen) atoms. The molecule has 0 aromatic carbocycles. The van der Waals surface area contributed by atoms with Crippen molar-refractivity contribution in [2.45, 2.75) is 0 Å². The van der Waals surface area contributed by atoms with Gasteiger partial charge in [0.2, 0.25) is 0 Å². The highest BCUT2D eigenvalue weighted by molar-refractivity contribution is 8.06. The van der Waals surface area contributed by atoms with Crippen molar-refractivity contribution in [1.29, 1.82) is 0 Å². The fraction of sp³-hybridized carbons (Fsp3) is 0.250. The number of rotatable bonds is 0. The third-order valence-corrected chi connectivity index (χ3v) is 1.80. The highest BCUT2D eigenvalue weighted by atomic mass is 32.2. The molecule has 1 aliphatic heterocycles. The van der Waals surface area contributed by atoms with E-state index in [-0.39, 0.29) is 5.04 Å². The van der Waals surface area contributed by atoms with Gasteiger partial charge in [-0.15, -0.1) is 5.10 Å². The second-order valence-electron chi connectivity index (χ2n) is 1.64. The fourth-order valence-corrected chi connectivity index (χ4v) is 0.922. The Morgan fingerprint density at radius 2 is 2.22 bits per heavy atom. The summed E-state index contributed by atoms with van der Waals surface area (Å²) < 4.78 is 21.2. The predicted molar refractivity (Wildman–Crippen MR) is 33.6 cm³/mol. The minimum atomic E-state index is -3.13. The Morgan fingerprint density at radius 1 is 1.56 bits per heavy atom. The lowest BCUT2D eigenvalue weighted by Crippen LogP contribution is -2.07. The normalized spacial score (nSPS) is 17.2. The van der Waals surface area contributed by atoms with E-state index in [2.05, 4.69) is 10.5 Å². The van der Waals surface area contributed by atoms with Crippen molar-refractivity contribution in [2.75, 3.05) is 6.26 Å². The van der Waals surface area contributed by atoms with Gasteiger partial charge in [0.05, 0.1) is 6.20 Å². The quantitative estimate of drug-likeness (QED) is 0.460. The van der Waals surface area contributed by atoms with Crippen molar-refractivity contribution in [3.63, 3.8) is 0 Å². The first-order valence-electron chi connectivity index (χ1n) is 2.25. The van der Waals surface area contributed by atoms with Crippen molar-refractivity contribution in [2.24, 2.45) is 5.10 Å². The molecule has 0 saturated heterocycles. The molecular formula is C4H5N2O2S. The second-order valence-corrected chi connectivity index (χ2v) is 3.60. The van der Waals surface area contributed by atoms with Crippen LogP contribution in [0.25, 0.3) is 0 Å². The fourth-order valence-electron chi connectivity index (χ4n) is 0.418. The maximum atomic E-state index is 10.6. The number of sulfone groups is 1. The number of hydrogen-bond donors (Lipinski definition) is 0. The zero-order chi connectivity index (χ0) is 6.91. The lowest BCUT2D eigenvalue weighted by Gasteiger charge is -1.87. The second kappa shape index (κ2) is 1.84. The highest BCUT2D eigenvalue weighted by Crippen LogP contribution is 1.96. The third kappa shape index (κ3) is 1.29. The molecular weight excluding hydrogens is 140 g/mol. The average molecular weight is 145 g/mol. The van der Waals surface area contributed by atoms with Crippen molar-refractivity contribution in [3.8, 4) is 0 Å². The van der Waals surface area contributed by atoms with E-state index < -0.39 is 9.84 Å². The van der Waals surface area contributed by atoms with Crippen LogP contribution in [0.3, 0.4) is 0 Å². The van der Waals surface area contributed by atoms with Crippen LogP contribution in [0.2, 0.25) is 0 Å². The smallest absolute Gasteiger partial charge is 0.194 e. The summed E-state index contributed by atoms with van der Waals surface area (Å²) in [6.07, 6.45) is 3.79. The molecule has 0 amide bonds. The first kappa shape index (κ1) is 6.28. The summed E-state index contributed by atoms with van der Waals surface area (Å²) in [5.41, 5.74) is 3.36. The van der Waals surface area contributed by atoms with Gasteiger partial charge in [0, 0.05) is 6.26 Å². The van der Waals surface area contributed by atoms with Crippen molar-refractivity contribution in [3.05, 3.63) is 12.3 Å². The van der Waals surface area contributed by atoms with E-state index in [1.54, 1.807) is 0 Å². The summed E-state index contributed by atoms with van der Waals surface area (Å²) in [4.78, 5) is 0. The van der Waals surface area contributed by atoms with Crippen molar-refractivity contribution < 1.29 is 8.42 Å². The van der Waals surface area contributed by atoms with Crippen LogP contribution in [0.15, 0.2) is 17.4 Å². The van der Waals surface area contributed by atoms with Crippen LogP contribution >= 0.6 is 0 Å². The van der Waals surface area contributed by atoms with Crippen LogP contribution in [-0.4, -0.2) is 19.7 Å². The molecule has 0 fully saturated rings. The van der Waals surface area contributed by atoms with Crippen molar-refractivity contribution >= 4 is 14.9 Å². The van der Waals surface area contributed by atoms with Crippen LogP contribution in [0.1, 0.15) is 0 Å². The number of nitrogens with zero attached hydrogens (tertiary/aromatic N) is 2. The largest absolute Gasteiger partial charge is 0.222 e. The Kier molecular flexibility index (Phi) is 1.28. The molecule has 1 radical (unpaired) electrons. The Hall–Kier alpha value is -0.840.